The molecule has 0 aliphatic rings. The maximum atomic E-state index is 12.5. The van der Waals surface area contributed by atoms with Crippen LogP contribution >= 0.6 is 11.6 Å². The van der Waals surface area contributed by atoms with Crippen LogP contribution in [0, 0.1) is 5.92 Å². The number of nitrogen functional groups attached to an aromatic ring is 1. The molecule has 0 bridgehead atoms. The number of ether oxygens (including phenoxy) is 1. The van der Waals surface area contributed by atoms with Crippen LogP contribution in [-0.2, 0) is 16.1 Å². The Morgan fingerprint density at radius 3 is 2.67 bits per heavy atom. The standard InChI is InChI=1S/C17H24ClN3O3/c1-4-5-11(9-17(2,3)24-16(20)23)15(22)21-10-12-6-7-13(18)8-14(12)19/h4,6-8,11H,1,5,9-10,19H2,2-3H3,(H2,20,23)(H,21,22). The van der Waals surface area contributed by atoms with E-state index in [9.17, 15) is 9.59 Å². The summed E-state index contributed by atoms with van der Waals surface area (Å²) < 4.78 is 5.05. The molecule has 0 fully saturated rings. The molecule has 0 aliphatic heterocycles. The van der Waals surface area contributed by atoms with Crippen LogP contribution in [0.4, 0.5) is 10.5 Å². The smallest absolute Gasteiger partial charge is 0.405 e. The third-order valence-corrected chi connectivity index (χ3v) is 3.73. The van der Waals surface area contributed by atoms with Crippen molar-refractivity contribution in [1.82, 2.24) is 5.32 Å². The highest BCUT2D eigenvalue weighted by molar-refractivity contribution is 6.30. The van der Waals surface area contributed by atoms with Crippen molar-refractivity contribution in [3.63, 3.8) is 0 Å². The average Bonchev–Trinajstić information content (AvgIpc) is 2.44. The van der Waals surface area contributed by atoms with E-state index in [4.69, 9.17) is 27.8 Å². The lowest BCUT2D eigenvalue weighted by Crippen LogP contribution is -2.38. The molecule has 0 saturated carbocycles. The summed E-state index contributed by atoms with van der Waals surface area (Å²) in [6, 6.07) is 5.11. The summed E-state index contributed by atoms with van der Waals surface area (Å²) in [5, 5.41) is 3.38. The Kier molecular flexibility index (Phi) is 7.10. The van der Waals surface area contributed by atoms with E-state index in [-0.39, 0.29) is 12.5 Å². The van der Waals surface area contributed by atoms with Crippen molar-refractivity contribution in [2.75, 3.05) is 5.73 Å². The van der Waals surface area contributed by atoms with Crippen molar-refractivity contribution in [3.8, 4) is 0 Å². The number of allylic oxidation sites excluding steroid dienone is 1. The summed E-state index contributed by atoms with van der Waals surface area (Å²) in [5.41, 5.74) is 11.4. The highest BCUT2D eigenvalue weighted by Crippen LogP contribution is 2.24. The number of halogens is 1. The fourth-order valence-corrected chi connectivity index (χ4v) is 2.63. The summed E-state index contributed by atoms with van der Waals surface area (Å²) in [6.45, 7) is 7.37. The number of primary amides is 1. The van der Waals surface area contributed by atoms with Gasteiger partial charge in [0.1, 0.15) is 5.60 Å². The molecule has 0 aliphatic carbocycles. The first kappa shape index (κ1) is 19.8. The van der Waals surface area contributed by atoms with E-state index in [1.54, 1.807) is 38.1 Å². The van der Waals surface area contributed by atoms with E-state index in [0.29, 0.717) is 23.6 Å². The summed E-state index contributed by atoms with van der Waals surface area (Å²) in [5.74, 6) is -0.573. The summed E-state index contributed by atoms with van der Waals surface area (Å²) in [6.07, 6.45) is 1.56. The van der Waals surface area contributed by atoms with Gasteiger partial charge in [-0.2, -0.15) is 0 Å². The Morgan fingerprint density at radius 1 is 1.46 bits per heavy atom. The third kappa shape index (κ3) is 6.50. The van der Waals surface area contributed by atoms with E-state index in [1.807, 2.05) is 0 Å². The number of carbonyl (C=O) groups excluding carboxylic acids is 2. The number of rotatable bonds is 8. The number of benzene rings is 1. The molecule has 1 aromatic carbocycles. The lowest BCUT2D eigenvalue weighted by atomic mass is 9.90. The van der Waals surface area contributed by atoms with E-state index in [0.717, 1.165) is 5.56 Å². The minimum absolute atomic E-state index is 0.176. The highest BCUT2D eigenvalue weighted by Gasteiger charge is 2.29. The molecule has 0 spiro atoms. The molecule has 0 aromatic heterocycles. The van der Waals surface area contributed by atoms with Crippen molar-refractivity contribution in [2.45, 2.75) is 38.8 Å². The number of nitrogens with one attached hydrogen (secondary N) is 1. The molecule has 6 nitrogen and oxygen atoms in total. The number of hydrogen-bond acceptors (Lipinski definition) is 4. The first-order valence-electron chi connectivity index (χ1n) is 7.55. The van der Waals surface area contributed by atoms with Crippen LogP contribution in [0.15, 0.2) is 30.9 Å². The monoisotopic (exact) mass is 353 g/mol. The Bertz CT molecular complexity index is 617. The van der Waals surface area contributed by atoms with Crippen LogP contribution < -0.4 is 16.8 Å². The molecular formula is C17H24ClN3O3. The second-order valence-corrected chi connectivity index (χ2v) is 6.60. The Labute approximate surface area is 147 Å². The van der Waals surface area contributed by atoms with E-state index in [2.05, 4.69) is 11.9 Å². The van der Waals surface area contributed by atoms with E-state index in [1.165, 1.54) is 0 Å². The SMILES string of the molecule is C=CCC(CC(C)(C)OC(N)=O)C(=O)NCc1ccc(Cl)cc1N. The zero-order valence-electron chi connectivity index (χ0n) is 14.0. The second kappa shape index (κ2) is 8.59. The van der Waals surface area contributed by atoms with Crippen molar-refractivity contribution in [2.24, 2.45) is 11.7 Å². The number of anilines is 1. The second-order valence-electron chi connectivity index (χ2n) is 6.17. The predicted octanol–water partition coefficient (Wildman–Crippen LogP) is 2.99. The van der Waals surface area contributed by atoms with Crippen molar-refractivity contribution in [1.29, 1.82) is 0 Å². The van der Waals surface area contributed by atoms with Gasteiger partial charge < -0.3 is 21.5 Å². The molecule has 1 rings (SSSR count). The van der Waals surface area contributed by atoms with Crippen molar-refractivity contribution < 1.29 is 14.3 Å². The van der Waals surface area contributed by atoms with E-state index < -0.39 is 17.6 Å². The number of amides is 2. The maximum absolute atomic E-state index is 12.5. The lowest BCUT2D eigenvalue weighted by molar-refractivity contribution is -0.127. The van der Waals surface area contributed by atoms with Gasteiger partial charge in [-0.3, -0.25) is 4.79 Å². The zero-order chi connectivity index (χ0) is 18.3. The summed E-state index contributed by atoms with van der Waals surface area (Å²) in [7, 11) is 0. The fraction of sp³-hybridized carbons (Fsp3) is 0.412. The maximum Gasteiger partial charge on any atom is 0.405 e. The van der Waals surface area contributed by atoms with Crippen molar-refractivity contribution in [3.05, 3.63) is 41.4 Å². The molecule has 7 heteroatoms. The highest BCUT2D eigenvalue weighted by atomic mass is 35.5. The van der Waals surface area contributed by atoms with E-state index >= 15 is 0 Å². The average molecular weight is 354 g/mol. The van der Waals surface area contributed by atoms with Crippen LogP contribution in [0.1, 0.15) is 32.3 Å². The normalized spacial score (nSPS) is 12.3. The zero-order valence-corrected chi connectivity index (χ0v) is 14.7. The molecule has 2 amide bonds. The third-order valence-electron chi connectivity index (χ3n) is 3.50. The summed E-state index contributed by atoms with van der Waals surface area (Å²) in [4.78, 5) is 23.4. The molecule has 0 radical (unpaired) electrons. The largest absolute Gasteiger partial charge is 0.444 e. The number of nitrogens with two attached hydrogens (primary N) is 2. The molecule has 24 heavy (non-hydrogen) atoms. The van der Waals surface area contributed by atoms with Crippen LogP contribution in [0.2, 0.25) is 5.02 Å². The van der Waals surface area contributed by atoms with Crippen LogP contribution in [-0.4, -0.2) is 17.6 Å². The molecule has 0 saturated heterocycles. The minimum atomic E-state index is -0.869. The number of carbonyl (C=O) groups is 2. The molecule has 1 unspecified atom stereocenters. The summed E-state index contributed by atoms with van der Waals surface area (Å²) >= 11 is 5.86. The first-order valence-corrected chi connectivity index (χ1v) is 7.93. The Hall–Kier alpha value is -2.21. The van der Waals surface area contributed by atoms with Gasteiger partial charge in [0.15, 0.2) is 0 Å². The van der Waals surface area contributed by atoms with Crippen LogP contribution in [0.3, 0.4) is 0 Å². The van der Waals surface area contributed by atoms with Gasteiger partial charge in [0.05, 0.1) is 0 Å². The van der Waals surface area contributed by atoms with Crippen LogP contribution in [0.5, 0.6) is 0 Å². The molecule has 5 N–H and O–H groups in total. The van der Waals surface area contributed by atoms with Gasteiger partial charge in [-0.25, -0.2) is 4.79 Å². The van der Waals surface area contributed by atoms with Gasteiger partial charge in [0.2, 0.25) is 5.91 Å². The lowest BCUT2D eigenvalue weighted by Gasteiger charge is -2.28. The predicted molar refractivity (Wildman–Crippen MR) is 95.4 cm³/mol. The Balaban J connectivity index is 2.72. The first-order chi connectivity index (χ1) is 11.1. The Morgan fingerprint density at radius 2 is 2.12 bits per heavy atom. The fourth-order valence-electron chi connectivity index (χ4n) is 2.45. The molecule has 1 aromatic rings. The number of hydrogen-bond donors (Lipinski definition) is 3. The van der Waals surface area contributed by atoms with Gasteiger partial charge in [-0.05, 0) is 44.4 Å². The molecule has 0 heterocycles. The van der Waals surface area contributed by atoms with Gasteiger partial charge >= 0.3 is 6.09 Å². The topological polar surface area (TPSA) is 107 Å². The molecule has 132 valence electrons. The van der Waals surface area contributed by atoms with Crippen molar-refractivity contribution >= 4 is 29.3 Å². The van der Waals surface area contributed by atoms with Gasteiger partial charge in [-0.15, -0.1) is 6.58 Å². The van der Waals surface area contributed by atoms with Gasteiger partial charge in [-0.1, -0.05) is 23.7 Å². The minimum Gasteiger partial charge on any atom is -0.444 e. The molecular weight excluding hydrogens is 330 g/mol. The molecule has 1 atom stereocenters. The van der Waals surface area contributed by atoms with Gasteiger partial charge in [0, 0.05) is 23.2 Å². The van der Waals surface area contributed by atoms with Gasteiger partial charge in [0.25, 0.3) is 0 Å². The van der Waals surface area contributed by atoms with Crippen LogP contribution in [0.25, 0.3) is 0 Å². The quantitative estimate of drug-likeness (QED) is 0.493.